The predicted octanol–water partition coefficient (Wildman–Crippen LogP) is 2.86. The molecule has 0 amide bonds. The van der Waals surface area contributed by atoms with Crippen molar-refractivity contribution in [3.8, 4) is 5.75 Å². The minimum atomic E-state index is 0.119. The van der Waals surface area contributed by atoms with E-state index in [1.54, 1.807) is 16.9 Å². The van der Waals surface area contributed by atoms with Crippen LogP contribution in [0.4, 0.5) is 5.82 Å². The molecule has 0 aliphatic heterocycles. The number of benzene rings is 1. The van der Waals surface area contributed by atoms with E-state index in [1.807, 2.05) is 38.1 Å². The summed E-state index contributed by atoms with van der Waals surface area (Å²) >= 11 is 0. The summed E-state index contributed by atoms with van der Waals surface area (Å²) in [6, 6.07) is 9.96. The van der Waals surface area contributed by atoms with Gasteiger partial charge in [0.25, 0.3) is 0 Å². The fourth-order valence-electron chi connectivity index (χ4n) is 1.89. The van der Waals surface area contributed by atoms with Crippen LogP contribution in [-0.4, -0.2) is 15.9 Å². The monoisotopic (exact) mass is 245 g/mol. The van der Waals surface area contributed by atoms with Gasteiger partial charge in [0, 0.05) is 0 Å². The highest BCUT2D eigenvalue weighted by atomic mass is 16.5. The van der Waals surface area contributed by atoms with Crippen LogP contribution in [0, 0.1) is 0 Å². The zero-order chi connectivity index (χ0) is 13.1. The lowest BCUT2D eigenvalue weighted by Gasteiger charge is -2.15. The second kappa shape index (κ2) is 5.12. The average molecular weight is 245 g/mol. The Morgan fingerprint density at radius 3 is 2.28 bits per heavy atom. The van der Waals surface area contributed by atoms with Gasteiger partial charge in [0.05, 0.1) is 18.3 Å². The van der Waals surface area contributed by atoms with Crippen molar-refractivity contribution >= 4 is 5.82 Å². The van der Waals surface area contributed by atoms with Gasteiger partial charge in [-0.05, 0) is 44.5 Å². The van der Waals surface area contributed by atoms with Crippen LogP contribution in [-0.2, 0) is 0 Å². The molecule has 0 spiro atoms. The van der Waals surface area contributed by atoms with Crippen LogP contribution >= 0.6 is 0 Å². The van der Waals surface area contributed by atoms with Crippen LogP contribution in [0.2, 0.25) is 0 Å². The topological polar surface area (TPSA) is 53.1 Å². The molecule has 1 unspecified atom stereocenters. The molecule has 0 aliphatic carbocycles. The summed E-state index contributed by atoms with van der Waals surface area (Å²) in [6.07, 6.45) is 1.90. The summed E-state index contributed by atoms with van der Waals surface area (Å²) in [5.74, 6) is 1.55. The zero-order valence-corrected chi connectivity index (χ0v) is 11.0. The Bertz CT molecular complexity index is 502. The molecule has 0 saturated carbocycles. The number of rotatable bonds is 4. The summed E-state index contributed by atoms with van der Waals surface area (Å²) in [7, 11) is 0. The van der Waals surface area contributed by atoms with E-state index >= 15 is 0 Å². The number of hydrogen-bond acceptors (Lipinski definition) is 3. The maximum Gasteiger partial charge on any atom is 0.122 e. The molecule has 1 heterocycles. The van der Waals surface area contributed by atoms with Crippen molar-refractivity contribution in [2.24, 2.45) is 0 Å². The number of nitrogen functional groups attached to an aromatic ring is 1. The first-order valence-electron chi connectivity index (χ1n) is 6.13. The molecule has 4 nitrogen and oxygen atoms in total. The Morgan fingerprint density at radius 2 is 1.78 bits per heavy atom. The first kappa shape index (κ1) is 12.5. The second-order valence-corrected chi connectivity index (χ2v) is 4.61. The van der Waals surface area contributed by atoms with Gasteiger partial charge in [-0.15, -0.1) is 0 Å². The highest BCUT2D eigenvalue weighted by molar-refractivity contribution is 5.33. The lowest BCUT2D eigenvalue weighted by Crippen LogP contribution is -2.11. The molecule has 1 aromatic carbocycles. The van der Waals surface area contributed by atoms with E-state index in [4.69, 9.17) is 10.5 Å². The van der Waals surface area contributed by atoms with Gasteiger partial charge in [-0.3, -0.25) is 0 Å². The van der Waals surface area contributed by atoms with Gasteiger partial charge >= 0.3 is 0 Å². The van der Waals surface area contributed by atoms with Crippen LogP contribution in [0.25, 0.3) is 0 Å². The van der Waals surface area contributed by atoms with E-state index in [0.29, 0.717) is 5.82 Å². The Labute approximate surface area is 107 Å². The Hall–Kier alpha value is -1.97. The molecule has 0 fully saturated rings. The fourth-order valence-corrected chi connectivity index (χ4v) is 1.89. The van der Waals surface area contributed by atoms with Gasteiger partial charge in [0.15, 0.2) is 0 Å². The summed E-state index contributed by atoms with van der Waals surface area (Å²) in [5, 5.41) is 4.22. The van der Waals surface area contributed by atoms with Gasteiger partial charge in [-0.2, -0.15) is 5.10 Å². The number of hydrogen-bond donors (Lipinski definition) is 1. The van der Waals surface area contributed by atoms with E-state index in [-0.39, 0.29) is 12.1 Å². The number of anilines is 1. The predicted molar refractivity (Wildman–Crippen MR) is 72.7 cm³/mol. The molecule has 1 aromatic heterocycles. The highest BCUT2D eigenvalue weighted by Crippen LogP contribution is 2.22. The molecule has 0 aliphatic rings. The van der Waals surface area contributed by atoms with Crippen molar-refractivity contribution < 1.29 is 4.74 Å². The molecule has 4 heteroatoms. The molecule has 0 radical (unpaired) electrons. The number of ether oxygens (including phenoxy) is 1. The molecule has 18 heavy (non-hydrogen) atoms. The second-order valence-electron chi connectivity index (χ2n) is 4.61. The summed E-state index contributed by atoms with van der Waals surface area (Å²) in [4.78, 5) is 0. The van der Waals surface area contributed by atoms with Crippen molar-refractivity contribution in [3.05, 3.63) is 42.1 Å². The quantitative estimate of drug-likeness (QED) is 0.901. The number of aromatic nitrogens is 2. The average Bonchev–Trinajstić information content (AvgIpc) is 2.75. The third-order valence-electron chi connectivity index (χ3n) is 2.80. The maximum atomic E-state index is 5.85. The van der Waals surface area contributed by atoms with Crippen LogP contribution in [0.3, 0.4) is 0 Å². The van der Waals surface area contributed by atoms with Gasteiger partial charge in [0.1, 0.15) is 11.6 Å². The molecule has 96 valence electrons. The van der Waals surface area contributed by atoms with E-state index < -0.39 is 0 Å². The van der Waals surface area contributed by atoms with E-state index in [0.717, 1.165) is 11.3 Å². The van der Waals surface area contributed by atoms with E-state index in [2.05, 4.69) is 12.0 Å². The maximum absolute atomic E-state index is 5.85. The third kappa shape index (κ3) is 2.64. The Morgan fingerprint density at radius 1 is 1.11 bits per heavy atom. The molecular formula is C14H19N3O. The minimum Gasteiger partial charge on any atom is -0.491 e. The fraction of sp³-hybridized carbons (Fsp3) is 0.357. The first-order chi connectivity index (χ1) is 8.58. The van der Waals surface area contributed by atoms with Crippen LogP contribution in [0.5, 0.6) is 5.75 Å². The summed E-state index contributed by atoms with van der Waals surface area (Å²) in [5.41, 5.74) is 7.00. The Kier molecular flexibility index (Phi) is 3.55. The standard InChI is InChI=1S/C14H19N3O/c1-10(2)18-13-6-4-12(5-7-13)11(3)17-14(15)8-9-16-17/h4-11H,15H2,1-3H3. The Balaban J connectivity index is 2.17. The lowest BCUT2D eigenvalue weighted by atomic mass is 10.1. The molecule has 2 N–H and O–H groups in total. The van der Waals surface area contributed by atoms with Crippen LogP contribution in [0.15, 0.2) is 36.5 Å². The van der Waals surface area contributed by atoms with Crippen LogP contribution < -0.4 is 10.5 Å². The number of nitrogens with two attached hydrogens (primary N) is 1. The number of nitrogens with zero attached hydrogens (tertiary/aromatic N) is 2. The van der Waals surface area contributed by atoms with Gasteiger partial charge in [-0.1, -0.05) is 12.1 Å². The van der Waals surface area contributed by atoms with Gasteiger partial charge in [0.2, 0.25) is 0 Å². The SMILES string of the molecule is CC(C)Oc1ccc(C(C)n2nccc2N)cc1. The van der Waals surface area contributed by atoms with Gasteiger partial charge in [-0.25, -0.2) is 4.68 Å². The van der Waals surface area contributed by atoms with Crippen molar-refractivity contribution in [1.29, 1.82) is 0 Å². The molecule has 0 bridgehead atoms. The third-order valence-corrected chi connectivity index (χ3v) is 2.80. The molecule has 0 saturated heterocycles. The van der Waals surface area contributed by atoms with Gasteiger partial charge < -0.3 is 10.5 Å². The molecule has 2 aromatic rings. The van der Waals surface area contributed by atoms with E-state index in [9.17, 15) is 0 Å². The zero-order valence-electron chi connectivity index (χ0n) is 11.0. The summed E-state index contributed by atoms with van der Waals surface area (Å²) in [6.45, 7) is 6.10. The van der Waals surface area contributed by atoms with Crippen molar-refractivity contribution in [2.75, 3.05) is 5.73 Å². The lowest BCUT2D eigenvalue weighted by molar-refractivity contribution is 0.242. The first-order valence-corrected chi connectivity index (χ1v) is 6.13. The van der Waals surface area contributed by atoms with Crippen molar-refractivity contribution in [3.63, 3.8) is 0 Å². The highest BCUT2D eigenvalue weighted by Gasteiger charge is 2.10. The van der Waals surface area contributed by atoms with E-state index in [1.165, 1.54) is 0 Å². The van der Waals surface area contributed by atoms with Crippen molar-refractivity contribution in [1.82, 2.24) is 9.78 Å². The van der Waals surface area contributed by atoms with Crippen LogP contribution in [0.1, 0.15) is 32.4 Å². The normalized spacial score (nSPS) is 12.7. The molecule has 2 rings (SSSR count). The minimum absolute atomic E-state index is 0.119. The largest absolute Gasteiger partial charge is 0.491 e. The molecular weight excluding hydrogens is 226 g/mol. The summed E-state index contributed by atoms with van der Waals surface area (Å²) < 4.78 is 7.42. The smallest absolute Gasteiger partial charge is 0.122 e. The molecule has 1 atom stereocenters. The van der Waals surface area contributed by atoms with Crippen molar-refractivity contribution in [2.45, 2.75) is 32.9 Å².